The van der Waals surface area contributed by atoms with Crippen molar-refractivity contribution < 1.29 is 23.3 Å². The number of fused-ring (bicyclic) bond motifs is 4. The van der Waals surface area contributed by atoms with Gasteiger partial charge >= 0.3 is 0 Å². The summed E-state index contributed by atoms with van der Waals surface area (Å²) >= 11 is 0. The Morgan fingerprint density at radius 1 is 0.326 bits per heavy atom. The highest BCUT2D eigenvalue weighted by atomic mass is 14.2. The van der Waals surface area contributed by atoms with Crippen molar-refractivity contribution in [2.45, 2.75) is 0 Å². The molecule has 0 unspecified atom stereocenters. The van der Waals surface area contributed by atoms with Crippen LogP contribution in [0.25, 0.3) is 98.0 Å². The molecule has 10 aromatic carbocycles. The van der Waals surface area contributed by atoms with Crippen LogP contribution >= 0.6 is 0 Å². The molecule has 0 aliphatic rings. The first-order valence-corrected chi connectivity index (χ1v) is 14.6. The van der Waals surface area contributed by atoms with E-state index < -0.39 is 103 Å². The van der Waals surface area contributed by atoms with Gasteiger partial charge in [0.2, 0.25) is 0 Å². The zero-order valence-electron chi connectivity index (χ0n) is 40.9. The van der Waals surface area contributed by atoms with Crippen molar-refractivity contribution in [3.63, 3.8) is 0 Å². The lowest BCUT2D eigenvalue weighted by Gasteiger charge is -2.21. The molecular weight excluding hydrogens is 553 g/mol. The zero-order chi connectivity index (χ0) is 45.0. The molecule has 0 N–H and O–H groups in total. The fourth-order valence-electron chi connectivity index (χ4n) is 6.74. The maximum Gasteiger partial charge on any atom is 0.0636 e. The summed E-state index contributed by atoms with van der Waals surface area (Å²) in [6.45, 7) is 0. The first kappa shape index (κ1) is 14.0. The summed E-state index contributed by atoms with van der Waals surface area (Å²) in [6.07, 6.45) is 0. The molecule has 10 aromatic rings. The second-order valence-corrected chi connectivity index (χ2v) is 11.1. The Balaban J connectivity index is 1.48. The molecule has 212 valence electrons. The van der Waals surface area contributed by atoms with Gasteiger partial charge in [-0.05, 0) is 104 Å². The van der Waals surface area contributed by atoms with E-state index in [2.05, 4.69) is 0 Å². The Kier molecular flexibility index (Phi) is 2.97. The molecule has 0 nitrogen and oxygen atoms in total. The van der Waals surface area contributed by atoms with Crippen LogP contribution in [0.1, 0.15) is 23.3 Å². The van der Waals surface area contributed by atoms with Gasteiger partial charge in [-0.25, -0.2) is 0 Å². The van der Waals surface area contributed by atoms with Gasteiger partial charge in [0.1, 0.15) is 0 Å². The van der Waals surface area contributed by atoms with E-state index in [0.717, 1.165) is 6.07 Å². The fraction of sp³-hybridized carbons (Fsp3) is 0. The van der Waals surface area contributed by atoms with E-state index in [4.69, 9.17) is 15.1 Å². The lowest BCUT2D eigenvalue weighted by Crippen LogP contribution is -1.94. The van der Waals surface area contributed by atoms with E-state index in [9.17, 15) is 8.22 Å². The van der Waals surface area contributed by atoms with Gasteiger partial charge < -0.3 is 0 Å². The molecule has 46 heavy (non-hydrogen) atoms. The summed E-state index contributed by atoms with van der Waals surface area (Å²) in [6, 6.07) is 10.1. The zero-order valence-corrected chi connectivity index (χ0v) is 23.9. The van der Waals surface area contributed by atoms with Gasteiger partial charge in [-0.2, -0.15) is 0 Å². The molecule has 0 spiro atoms. The van der Waals surface area contributed by atoms with Gasteiger partial charge in [-0.1, -0.05) is 163 Å². The van der Waals surface area contributed by atoms with E-state index in [0.29, 0.717) is 37.9 Å². The number of benzene rings is 10. The summed E-state index contributed by atoms with van der Waals surface area (Å²) in [4.78, 5) is 0. The Morgan fingerprint density at radius 2 is 1.00 bits per heavy atom. The van der Waals surface area contributed by atoms with Crippen LogP contribution in [0.2, 0.25) is 0 Å². The van der Waals surface area contributed by atoms with Crippen molar-refractivity contribution in [2.75, 3.05) is 0 Å². The van der Waals surface area contributed by atoms with E-state index in [-0.39, 0.29) is 60.1 Å². The van der Waals surface area contributed by atoms with E-state index in [1.807, 2.05) is 24.3 Å². The highest BCUT2D eigenvalue weighted by Gasteiger charge is 2.21. The Bertz CT molecular complexity index is 3740. The van der Waals surface area contributed by atoms with Crippen LogP contribution in [-0.4, -0.2) is 0 Å². The molecule has 0 atom stereocenters. The minimum absolute atomic E-state index is 0.000379. The topological polar surface area (TPSA) is 0 Å². The van der Waals surface area contributed by atoms with Crippen LogP contribution < -0.4 is 0 Å². The van der Waals surface area contributed by atoms with Crippen LogP contribution in [-0.2, 0) is 0 Å². The highest BCUT2D eigenvalue weighted by molar-refractivity contribution is 6.32. The maximum absolute atomic E-state index is 9.75. The second-order valence-electron chi connectivity index (χ2n) is 11.1. The Morgan fingerprint density at radius 3 is 1.87 bits per heavy atom. The van der Waals surface area contributed by atoms with Crippen molar-refractivity contribution in [3.8, 4) is 33.4 Å². The van der Waals surface area contributed by atoms with Crippen molar-refractivity contribution in [3.05, 3.63) is 169 Å². The van der Waals surface area contributed by atoms with Gasteiger partial charge in [0.15, 0.2) is 0 Å². The van der Waals surface area contributed by atoms with Crippen LogP contribution in [0.4, 0.5) is 0 Å². The molecule has 0 saturated heterocycles. The van der Waals surface area contributed by atoms with E-state index in [1.54, 1.807) is 36.4 Å². The van der Waals surface area contributed by atoms with E-state index >= 15 is 0 Å². The lowest BCUT2D eigenvalue weighted by atomic mass is 9.81. The first-order valence-electron chi connectivity index (χ1n) is 23.1. The number of hydrogen-bond acceptors (Lipinski definition) is 0. The summed E-state index contributed by atoms with van der Waals surface area (Å²) in [5.74, 6) is 0. The Hall–Kier alpha value is -5.98. The second kappa shape index (κ2) is 9.76. The molecule has 0 saturated carbocycles. The molecule has 0 fully saturated rings. The molecule has 0 aliphatic heterocycles. The third-order valence-corrected chi connectivity index (χ3v) is 8.67. The lowest BCUT2D eigenvalue weighted by molar-refractivity contribution is 1.61. The molecule has 0 amide bonds. The predicted octanol–water partition coefficient (Wildman–Crippen LogP) is 13.0. The van der Waals surface area contributed by atoms with Gasteiger partial charge in [-0.3, -0.25) is 0 Å². The SMILES string of the molecule is [2H]c1cc(-c2c([2H])c([2H])c([2H])c(-c3c4ccccc4c(-c4c([2H])c([2H])c5c([2H])c([2H])c6c([2H])c([2H])c([2H])c7c([2H])c([2H])c4c5c67)c4c3ccc3ccccc34)c2[2H])c([2H])c([2H])c1[2H]. The molecule has 10 rings (SSSR count). The summed E-state index contributed by atoms with van der Waals surface area (Å²) in [5, 5.41) is 2.31. The molecule has 0 radical (unpaired) electrons. The monoisotopic (exact) mass is 597 g/mol. The van der Waals surface area contributed by atoms with Crippen LogP contribution in [0.3, 0.4) is 0 Å². The van der Waals surface area contributed by atoms with Gasteiger partial charge in [-0.15, -0.1) is 0 Å². The summed E-state index contributed by atoms with van der Waals surface area (Å²) < 4.78 is 153. The fourth-order valence-corrected chi connectivity index (χ4v) is 6.74. The highest BCUT2D eigenvalue weighted by Crippen LogP contribution is 2.49. The largest absolute Gasteiger partial charge is 0.0636 e. The van der Waals surface area contributed by atoms with Gasteiger partial charge in [0.25, 0.3) is 0 Å². The molecule has 0 aromatic heterocycles. The normalized spacial score (nSPS) is 17.1. The molecular formula is C46H28. The van der Waals surface area contributed by atoms with Crippen LogP contribution in [0, 0.1) is 0 Å². The minimum atomic E-state index is -0.599. The quantitative estimate of drug-likeness (QED) is 0.140. The number of hydrogen-bond donors (Lipinski definition) is 0. The average molecular weight is 598 g/mol. The van der Waals surface area contributed by atoms with Crippen LogP contribution in [0.15, 0.2) is 169 Å². The summed E-state index contributed by atoms with van der Waals surface area (Å²) in [7, 11) is 0. The first-order chi connectivity index (χ1) is 29.9. The van der Waals surface area contributed by atoms with E-state index in [1.165, 1.54) is 0 Å². The van der Waals surface area contributed by atoms with Gasteiger partial charge in [0.05, 0.1) is 23.3 Å². The standard InChI is InChI=1S/C46H28/c1-2-10-29(11-3-1)34-15-9-16-35(28-34)43-37-18-6-7-19-38(37)46(45-36-17-5-4-12-30(36)22-27-41(43)45)40-26-24-33-21-20-31-13-8-14-32-23-25-39(40)44(33)42(31)32/h1-28H/i1D,2D,3D,8D,9D,10D,13D,14D,15D,16D,20D,21D,23D,24D,25D,26D,28D. The third-order valence-electron chi connectivity index (χ3n) is 8.67. The number of rotatable bonds is 3. The third kappa shape index (κ3) is 3.62. The minimum Gasteiger partial charge on any atom is -0.0622 e. The van der Waals surface area contributed by atoms with Crippen LogP contribution in [0.5, 0.6) is 0 Å². The van der Waals surface area contributed by atoms with Crippen molar-refractivity contribution >= 4 is 64.6 Å². The van der Waals surface area contributed by atoms with Crippen molar-refractivity contribution in [1.29, 1.82) is 0 Å². The molecule has 0 aliphatic carbocycles. The average Bonchev–Trinajstić information content (AvgIpc) is 3.27. The molecule has 0 heteroatoms. The predicted molar refractivity (Wildman–Crippen MR) is 199 cm³/mol. The maximum atomic E-state index is 9.75. The molecule has 0 heterocycles. The van der Waals surface area contributed by atoms with Gasteiger partial charge in [0, 0.05) is 0 Å². The smallest absolute Gasteiger partial charge is 0.0622 e. The molecule has 0 bridgehead atoms. The summed E-state index contributed by atoms with van der Waals surface area (Å²) in [5.41, 5.74) is -0.0161. The van der Waals surface area contributed by atoms with Crippen molar-refractivity contribution in [1.82, 2.24) is 0 Å². The van der Waals surface area contributed by atoms with Crippen molar-refractivity contribution in [2.24, 2.45) is 0 Å². The Labute approximate surface area is 291 Å².